The molecule has 0 aromatic heterocycles. The summed E-state index contributed by atoms with van der Waals surface area (Å²) in [5.41, 5.74) is -0.0709. The fourth-order valence-electron chi connectivity index (χ4n) is 2.15. The summed E-state index contributed by atoms with van der Waals surface area (Å²) in [4.78, 5) is 11.6. The van der Waals surface area contributed by atoms with Gasteiger partial charge in [0.2, 0.25) is 0 Å². The largest absolute Gasteiger partial charge is 0.396 e. The summed E-state index contributed by atoms with van der Waals surface area (Å²) in [6.07, 6.45) is 5.36. The van der Waals surface area contributed by atoms with Crippen molar-refractivity contribution in [2.24, 2.45) is 5.41 Å². The van der Waals surface area contributed by atoms with Crippen LogP contribution in [0.25, 0.3) is 0 Å². The number of hydrogen-bond acceptors (Lipinski definition) is 3. The Hall–Kier alpha value is -0.810. The molecule has 5 heteroatoms. The molecule has 112 valence electrons. The first-order valence-electron chi connectivity index (χ1n) is 7.28. The number of carbonyl (C=O) groups excluding carboxylic acids is 1. The summed E-state index contributed by atoms with van der Waals surface area (Å²) >= 11 is 0. The van der Waals surface area contributed by atoms with Crippen LogP contribution in [0.3, 0.4) is 0 Å². The van der Waals surface area contributed by atoms with Gasteiger partial charge in [0.05, 0.1) is 6.10 Å². The lowest BCUT2D eigenvalue weighted by Crippen LogP contribution is -2.42. The van der Waals surface area contributed by atoms with Gasteiger partial charge in [-0.25, -0.2) is 4.79 Å². The molecule has 0 saturated carbocycles. The normalized spacial score (nSPS) is 20.1. The summed E-state index contributed by atoms with van der Waals surface area (Å²) in [7, 11) is 0. The van der Waals surface area contributed by atoms with Gasteiger partial charge in [-0.2, -0.15) is 0 Å². The lowest BCUT2D eigenvalue weighted by Gasteiger charge is -2.24. The Morgan fingerprint density at radius 1 is 1.37 bits per heavy atom. The first-order chi connectivity index (χ1) is 9.03. The quantitative estimate of drug-likeness (QED) is 0.660. The highest BCUT2D eigenvalue weighted by atomic mass is 16.5. The van der Waals surface area contributed by atoms with Crippen molar-refractivity contribution < 1.29 is 14.6 Å². The zero-order chi connectivity index (χ0) is 14.1. The molecule has 1 heterocycles. The lowest BCUT2D eigenvalue weighted by atomic mass is 9.90. The van der Waals surface area contributed by atoms with Crippen molar-refractivity contribution in [3.63, 3.8) is 0 Å². The Labute approximate surface area is 116 Å². The topological polar surface area (TPSA) is 70.6 Å². The molecule has 0 bridgehead atoms. The van der Waals surface area contributed by atoms with Crippen molar-refractivity contribution in [2.45, 2.75) is 52.1 Å². The number of aliphatic hydroxyl groups excluding tert-OH is 1. The Kier molecular flexibility index (Phi) is 7.16. The molecule has 0 aromatic carbocycles. The minimum atomic E-state index is -0.137. The predicted molar refractivity (Wildman–Crippen MR) is 75.1 cm³/mol. The highest BCUT2D eigenvalue weighted by Gasteiger charge is 2.18. The van der Waals surface area contributed by atoms with Crippen LogP contribution in [0, 0.1) is 5.41 Å². The van der Waals surface area contributed by atoms with Crippen LogP contribution in [0.2, 0.25) is 0 Å². The van der Waals surface area contributed by atoms with E-state index in [0.29, 0.717) is 25.6 Å². The number of hydrogen-bond donors (Lipinski definition) is 3. The molecule has 1 saturated heterocycles. The number of carbonyl (C=O) groups is 1. The maximum Gasteiger partial charge on any atom is 0.314 e. The summed E-state index contributed by atoms with van der Waals surface area (Å²) in [6, 6.07) is -0.137. The molecule has 1 atom stereocenters. The smallest absolute Gasteiger partial charge is 0.314 e. The van der Waals surface area contributed by atoms with E-state index < -0.39 is 0 Å². The molecule has 0 spiro atoms. The van der Waals surface area contributed by atoms with E-state index >= 15 is 0 Å². The molecule has 1 rings (SSSR count). The minimum absolute atomic E-state index is 0.0709. The second-order valence-electron chi connectivity index (χ2n) is 6.02. The first kappa shape index (κ1) is 16.2. The molecular weight excluding hydrogens is 244 g/mol. The van der Waals surface area contributed by atoms with Gasteiger partial charge in [0.25, 0.3) is 0 Å². The van der Waals surface area contributed by atoms with Crippen LogP contribution in [0.5, 0.6) is 0 Å². The third-order valence-corrected chi connectivity index (χ3v) is 3.54. The Morgan fingerprint density at radius 2 is 2.16 bits per heavy atom. The summed E-state index contributed by atoms with van der Waals surface area (Å²) in [5.74, 6) is 0. The van der Waals surface area contributed by atoms with Gasteiger partial charge in [-0.3, -0.25) is 0 Å². The zero-order valence-electron chi connectivity index (χ0n) is 12.2. The number of nitrogens with one attached hydrogen (secondary N) is 2. The Morgan fingerprint density at radius 3 is 2.79 bits per heavy atom. The van der Waals surface area contributed by atoms with Gasteiger partial charge in [-0.1, -0.05) is 13.8 Å². The molecule has 3 N–H and O–H groups in total. The fourth-order valence-corrected chi connectivity index (χ4v) is 2.15. The van der Waals surface area contributed by atoms with Gasteiger partial charge in [0.1, 0.15) is 0 Å². The van der Waals surface area contributed by atoms with E-state index in [1.165, 1.54) is 6.42 Å². The van der Waals surface area contributed by atoms with Crippen molar-refractivity contribution in [3.8, 4) is 0 Å². The van der Waals surface area contributed by atoms with Crippen molar-refractivity contribution in [3.05, 3.63) is 0 Å². The Balaban J connectivity index is 2.07. The number of rotatable bonds is 7. The third-order valence-electron chi connectivity index (χ3n) is 3.54. The van der Waals surface area contributed by atoms with Crippen LogP contribution >= 0.6 is 0 Å². The maximum atomic E-state index is 11.6. The number of urea groups is 1. The third kappa shape index (κ3) is 7.38. The highest BCUT2D eigenvalue weighted by molar-refractivity contribution is 5.73. The number of ether oxygens (including phenoxy) is 1. The van der Waals surface area contributed by atoms with Crippen LogP contribution in [0.4, 0.5) is 4.79 Å². The molecule has 19 heavy (non-hydrogen) atoms. The van der Waals surface area contributed by atoms with Crippen LogP contribution in [-0.2, 0) is 4.74 Å². The van der Waals surface area contributed by atoms with Gasteiger partial charge >= 0.3 is 6.03 Å². The fraction of sp³-hybridized carbons (Fsp3) is 0.929. The summed E-state index contributed by atoms with van der Waals surface area (Å²) < 4.78 is 5.61. The first-order valence-corrected chi connectivity index (χ1v) is 7.28. The van der Waals surface area contributed by atoms with E-state index in [-0.39, 0.29) is 18.1 Å². The average molecular weight is 272 g/mol. The molecule has 1 unspecified atom stereocenters. The van der Waals surface area contributed by atoms with Crippen LogP contribution in [0.1, 0.15) is 46.0 Å². The van der Waals surface area contributed by atoms with Gasteiger partial charge < -0.3 is 20.5 Å². The van der Waals surface area contributed by atoms with Crippen molar-refractivity contribution >= 4 is 6.03 Å². The van der Waals surface area contributed by atoms with Gasteiger partial charge in [0, 0.05) is 26.3 Å². The molecule has 0 aliphatic carbocycles. The van der Waals surface area contributed by atoms with Gasteiger partial charge in [-0.05, 0) is 37.5 Å². The van der Waals surface area contributed by atoms with Crippen LogP contribution in [-0.4, -0.2) is 43.5 Å². The standard InChI is InChI=1S/C14H28N2O3/c1-14(2,7-9-17)11-16-13(18)15-8-6-12-5-3-4-10-19-12/h12,17H,3-11H2,1-2H3,(H2,15,16,18). The van der Waals surface area contributed by atoms with Crippen molar-refractivity contribution in [1.29, 1.82) is 0 Å². The minimum Gasteiger partial charge on any atom is -0.396 e. The molecule has 2 amide bonds. The van der Waals surface area contributed by atoms with E-state index in [2.05, 4.69) is 10.6 Å². The van der Waals surface area contributed by atoms with Crippen LogP contribution < -0.4 is 10.6 Å². The second kappa shape index (κ2) is 8.38. The maximum absolute atomic E-state index is 11.6. The molecule has 0 aromatic rings. The molecular formula is C14H28N2O3. The average Bonchev–Trinajstić information content (AvgIpc) is 2.38. The van der Waals surface area contributed by atoms with E-state index in [0.717, 1.165) is 25.9 Å². The number of amides is 2. The zero-order valence-corrected chi connectivity index (χ0v) is 12.2. The van der Waals surface area contributed by atoms with E-state index in [9.17, 15) is 4.79 Å². The number of aliphatic hydroxyl groups is 1. The monoisotopic (exact) mass is 272 g/mol. The predicted octanol–water partition coefficient (Wildman–Crippen LogP) is 1.65. The Bertz CT molecular complexity index is 263. The molecule has 1 aliphatic heterocycles. The van der Waals surface area contributed by atoms with E-state index in [4.69, 9.17) is 9.84 Å². The van der Waals surface area contributed by atoms with E-state index in [1.807, 2.05) is 13.8 Å². The van der Waals surface area contributed by atoms with Gasteiger partial charge in [0.15, 0.2) is 0 Å². The van der Waals surface area contributed by atoms with Gasteiger partial charge in [-0.15, -0.1) is 0 Å². The molecule has 1 fully saturated rings. The molecule has 0 radical (unpaired) electrons. The molecule has 5 nitrogen and oxygen atoms in total. The summed E-state index contributed by atoms with van der Waals surface area (Å²) in [5, 5.41) is 14.6. The second-order valence-corrected chi connectivity index (χ2v) is 6.02. The van der Waals surface area contributed by atoms with Crippen molar-refractivity contribution in [2.75, 3.05) is 26.3 Å². The highest BCUT2D eigenvalue weighted by Crippen LogP contribution is 2.17. The van der Waals surface area contributed by atoms with E-state index in [1.54, 1.807) is 0 Å². The molecule has 1 aliphatic rings. The summed E-state index contributed by atoms with van der Waals surface area (Å²) in [6.45, 7) is 6.27. The SMILES string of the molecule is CC(C)(CCO)CNC(=O)NCCC1CCCCO1. The van der Waals surface area contributed by atoms with Crippen LogP contribution in [0.15, 0.2) is 0 Å². The van der Waals surface area contributed by atoms with Crippen molar-refractivity contribution in [1.82, 2.24) is 10.6 Å². The lowest BCUT2D eigenvalue weighted by molar-refractivity contribution is 0.0120.